The van der Waals surface area contributed by atoms with Gasteiger partial charge in [-0.25, -0.2) is 4.79 Å². The minimum absolute atomic E-state index is 0.0925. The predicted octanol–water partition coefficient (Wildman–Crippen LogP) is 4.33. The Bertz CT molecular complexity index is 829. The number of carbonyl (C=O) groups is 1. The van der Waals surface area contributed by atoms with Crippen LogP contribution in [0.3, 0.4) is 0 Å². The molecule has 0 heterocycles. The molecule has 0 atom stereocenters. The molecule has 0 radical (unpaired) electrons. The average molecular weight is 334 g/mol. The van der Waals surface area contributed by atoms with Gasteiger partial charge in [0.1, 0.15) is 13.2 Å². The smallest absolute Gasteiger partial charge is 0.338 e. The largest absolute Gasteiger partial charge is 0.504 e. The molecule has 0 amide bonds. The molecule has 0 aliphatic carbocycles. The van der Waals surface area contributed by atoms with Crippen molar-refractivity contribution in [1.29, 1.82) is 0 Å². The van der Waals surface area contributed by atoms with Gasteiger partial charge in [0.2, 0.25) is 0 Å². The van der Waals surface area contributed by atoms with Crippen molar-refractivity contribution in [2.75, 3.05) is 0 Å². The van der Waals surface area contributed by atoms with Crippen molar-refractivity contribution >= 4 is 5.97 Å². The van der Waals surface area contributed by atoms with Gasteiger partial charge < -0.3 is 14.6 Å². The molecule has 25 heavy (non-hydrogen) atoms. The molecule has 1 N–H and O–H groups in total. The van der Waals surface area contributed by atoms with E-state index in [-0.39, 0.29) is 17.9 Å². The fourth-order valence-electron chi connectivity index (χ4n) is 2.31. The topological polar surface area (TPSA) is 55.8 Å². The first-order valence-electron chi connectivity index (χ1n) is 7.93. The Kier molecular flexibility index (Phi) is 5.32. The molecule has 0 aliphatic rings. The Labute approximate surface area is 146 Å². The third-order valence-electron chi connectivity index (χ3n) is 3.64. The van der Waals surface area contributed by atoms with Crippen LogP contribution in [0.5, 0.6) is 11.5 Å². The van der Waals surface area contributed by atoms with Crippen LogP contribution < -0.4 is 4.74 Å². The number of benzene rings is 3. The van der Waals surface area contributed by atoms with Gasteiger partial charge >= 0.3 is 5.97 Å². The maximum absolute atomic E-state index is 12.1. The number of aromatic hydroxyl groups is 1. The molecule has 4 nitrogen and oxygen atoms in total. The highest BCUT2D eigenvalue weighted by Crippen LogP contribution is 2.28. The lowest BCUT2D eigenvalue weighted by Gasteiger charge is -2.10. The van der Waals surface area contributed by atoms with E-state index < -0.39 is 5.97 Å². The molecule has 0 fully saturated rings. The molecular formula is C21H18O4. The molecule has 126 valence electrons. The van der Waals surface area contributed by atoms with E-state index in [0.29, 0.717) is 12.4 Å². The Morgan fingerprint density at radius 3 is 2.00 bits per heavy atom. The number of phenols is 1. The Balaban J connectivity index is 1.60. The van der Waals surface area contributed by atoms with Crippen LogP contribution in [0.2, 0.25) is 0 Å². The Morgan fingerprint density at radius 1 is 0.800 bits per heavy atom. The van der Waals surface area contributed by atoms with Crippen molar-refractivity contribution in [2.24, 2.45) is 0 Å². The van der Waals surface area contributed by atoms with Gasteiger partial charge in [-0.15, -0.1) is 0 Å². The number of hydrogen-bond acceptors (Lipinski definition) is 4. The molecule has 0 aliphatic heterocycles. The zero-order valence-electron chi connectivity index (χ0n) is 13.6. The van der Waals surface area contributed by atoms with Crippen molar-refractivity contribution in [2.45, 2.75) is 13.2 Å². The second kappa shape index (κ2) is 8.02. The van der Waals surface area contributed by atoms with Gasteiger partial charge in [-0.1, -0.05) is 60.7 Å². The summed E-state index contributed by atoms with van der Waals surface area (Å²) < 4.78 is 10.8. The summed E-state index contributed by atoms with van der Waals surface area (Å²) in [5, 5.41) is 10.1. The van der Waals surface area contributed by atoms with Crippen LogP contribution in [0.1, 0.15) is 21.5 Å². The molecule has 0 spiro atoms. The lowest BCUT2D eigenvalue weighted by molar-refractivity contribution is 0.0472. The van der Waals surface area contributed by atoms with Crippen molar-refractivity contribution in [3.8, 4) is 11.5 Å². The summed E-state index contributed by atoms with van der Waals surface area (Å²) in [5.41, 5.74) is 2.18. The van der Waals surface area contributed by atoms with E-state index >= 15 is 0 Å². The molecule has 0 saturated carbocycles. The van der Waals surface area contributed by atoms with E-state index in [1.807, 2.05) is 60.7 Å². The van der Waals surface area contributed by atoms with E-state index in [0.717, 1.165) is 11.1 Å². The van der Waals surface area contributed by atoms with Gasteiger partial charge in [-0.05, 0) is 29.3 Å². The van der Waals surface area contributed by atoms with Gasteiger partial charge in [-0.3, -0.25) is 0 Å². The summed E-state index contributed by atoms with van der Waals surface area (Å²) >= 11 is 0. The molecule has 0 unspecified atom stereocenters. The fourth-order valence-corrected chi connectivity index (χ4v) is 2.31. The van der Waals surface area contributed by atoms with Crippen molar-refractivity contribution in [1.82, 2.24) is 0 Å². The maximum atomic E-state index is 12.1. The van der Waals surface area contributed by atoms with E-state index in [1.165, 1.54) is 6.07 Å². The minimum Gasteiger partial charge on any atom is -0.504 e. The number of carbonyl (C=O) groups excluding carboxylic acids is 1. The van der Waals surface area contributed by atoms with Crippen LogP contribution in [-0.2, 0) is 18.0 Å². The first-order chi connectivity index (χ1) is 12.2. The molecule has 0 bridgehead atoms. The van der Waals surface area contributed by atoms with Gasteiger partial charge in [0.25, 0.3) is 0 Å². The summed E-state index contributed by atoms with van der Waals surface area (Å²) in [6, 6.07) is 23.6. The quantitative estimate of drug-likeness (QED) is 0.682. The van der Waals surface area contributed by atoms with Crippen LogP contribution in [0, 0.1) is 0 Å². The van der Waals surface area contributed by atoms with Crippen LogP contribution in [0.4, 0.5) is 0 Å². The van der Waals surface area contributed by atoms with Crippen LogP contribution in [0.25, 0.3) is 0 Å². The molecular weight excluding hydrogens is 316 g/mol. The number of hydrogen-bond donors (Lipinski definition) is 1. The van der Waals surface area contributed by atoms with Crippen molar-refractivity contribution < 1.29 is 19.4 Å². The molecule has 3 rings (SSSR count). The fraction of sp³-hybridized carbons (Fsp3) is 0.0952. The summed E-state index contributed by atoms with van der Waals surface area (Å²) in [4.78, 5) is 12.1. The first-order valence-corrected chi connectivity index (χ1v) is 7.93. The number of phenolic OH excluding ortho intramolecular Hbond substituents is 1. The molecule has 4 heteroatoms. The predicted molar refractivity (Wildman–Crippen MR) is 94.4 cm³/mol. The highest BCUT2D eigenvalue weighted by molar-refractivity contribution is 5.90. The maximum Gasteiger partial charge on any atom is 0.338 e. The lowest BCUT2D eigenvalue weighted by Crippen LogP contribution is -2.05. The van der Waals surface area contributed by atoms with Gasteiger partial charge in [0.05, 0.1) is 5.56 Å². The first kappa shape index (κ1) is 16.6. The summed E-state index contributed by atoms with van der Waals surface area (Å²) in [6.07, 6.45) is 0. The second-order valence-corrected chi connectivity index (χ2v) is 5.52. The lowest BCUT2D eigenvalue weighted by atomic mass is 10.2. The van der Waals surface area contributed by atoms with Gasteiger partial charge in [-0.2, -0.15) is 0 Å². The SMILES string of the molecule is O=C(OCc1ccccc1)c1ccc(OCc2ccccc2)c(O)c1. The minimum atomic E-state index is -0.492. The summed E-state index contributed by atoms with van der Waals surface area (Å²) in [6.45, 7) is 0.527. The normalized spacial score (nSPS) is 10.2. The molecule has 3 aromatic rings. The molecule has 3 aromatic carbocycles. The Morgan fingerprint density at radius 2 is 1.40 bits per heavy atom. The zero-order valence-corrected chi connectivity index (χ0v) is 13.6. The number of ether oxygens (including phenoxy) is 2. The number of esters is 1. The highest BCUT2D eigenvalue weighted by Gasteiger charge is 2.11. The summed E-state index contributed by atoms with van der Waals surface area (Å²) in [5.74, 6) is -0.262. The average Bonchev–Trinajstić information content (AvgIpc) is 2.66. The monoisotopic (exact) mass is 334 g/mol. The van der Waals surface area contributed by atoms with Crippen LogP contribution in [-0.4, -0.2) is 11.1 Å². The van der Waals surface area contributed by atoms with E-state index in [4.69, 9.17) is 9.47 Å². The molecule has 0 aromatic heterocycles. The van der Waals surface area contributed by atoms with E-state index in [2.05, 4.69) is 0 Å². The van der Waals surface area contributed by atoms with Gasteiger partial charge in [0, 0.05) is 0 Å². The van der Waals surface area contributed by atoms with Crippen LogP contribution >= 0.6 is 0 Å². The molecule has 0 saturated heterocycles. The standard InChI is InChI=1S/C21H18O4/c22-19-13-18(21(23)25-15-17-9-5-2-6-10-17)11-12-20(19)24-14-16-7-3-1-4-8-16/h1-13,22H,14-15H2. The van der Waals surface area contributed by atoms with Crippen molar-refractivity contribution in [3.63, 3.8) is 0 Å². The third-order valence-corrected chi connectivity index (χ3v) is 3.64. The van der Waals surface area contributed by atoms with E-state index in [9.17, 15) is 9.90 Å². The van der Waals surface area contributed by atoms with Crippen LogP contribution in [0.15, 0.2) is 78.9 Å². The second-order valence-electron chi connectivity index (χ2n) is 5.52. The summed E-state index contributed by atoms with van der Waals surface area (Å²) in [7, 11) is 0. The highest BCUT2D eigenvalue weighted by atomic mass is 16.5. The Hall–Kier alpha value is -3.27. The third kappa shape index (κ3) is 4.61. The number of rotatable bonds is 6. The van der Waals surface area contributed by atoms with Crippen molar-refractivity contribution in [3.05, 3.63) is 95.6 Å². The van der Waals surface area contributed by atoms with E-state index in [1.54, 1.807) is 12.1 Å². The van der Waals surface area contributed by atoms with Gasteiger partial charge in [0.15, 0.2) is 11.5 Å². The zero-order chi connectivity index (χ0) is 17.5.